The Morgan fingerprint density at radius 2 is 0.918 bits per heavy atom. The van der Waals surface area contributed by atoms with E-state index in [-0.39, 0.29) is 18.9 Å². The van der Waals surface area contributed by atoms with Crippen molar-refractivity contribution in [3.05, 3.63) is 60.8 Å². The van der Waals surface area contributed by atoms with E-state index < -0.39 is 86.8 Å². The first-order chi connectivity index (χ1) is 35.6. The predicted molar refractivity (Wildman–Crippen MR) is 290 cm³/mol. The number of carbonyl (C=O) groups is 1. The minimum atomic E-state index is -1.80. The molecule has 2 heterocycles. The highest BCUT2D eigenvalue weighted by Crippen LogP contribution is 2.30. The third-order valence-corrected chi connectivity index (χ3v) is 13.9. The molecule has 14 nitrogen and oxygen atoms in total. The van der Waals surface area contributed by atoms with E-state index in [9.17, 15) is 45.6 Å². The molecule has 9 N–H and O–H groups in total. The molecule has 1 amide bonds. The molecule has 12 unspecified atom stereocenters. The van der Waals surface area contributed by atoms with Gasteiger partial charge in [0.15, 0.2) is 12.6 Å². The van der Waals surface area contributed by atoms with Crippen molar-refractivity contribution in [1.29, 1.82) is 0 Å². The van der Waals surface area contributed by atoms with Crippen LogP contribution in [0.1, 0.15) is 213 Å². The summed E-state index contributed by atoms with van der Waals surface area (Å²) in [7, 11) is 0. The second-order valence-corrected chi connectivity index (χ2v) is 20.4. The summed E-state index contributed by atoms with van der Waals surface area (Å²) in [6.45, 7) is 2.74. The Labute approximate surface area is 441 Å². The van der Waals surface area contributed by atoms with Gasteiger partial charge in [0.2, 0.25) is 5.91 Å². The minimum absolute atomic E-state index is 0.252. The highest BCUT2D eigenvalue weighted by Gasteiger charge is 2.51. The maximum Gasteiger partial charge on any atom is 0.220 e. The Hall–Kier alpha value is -2.31. The number of unbranched alkanes of at least 4 members (excludes halogenated alkanes) is 24. The van der Waals surface area contributed by atoms with Gasteiger partial charge in [0.05, 0.1) is 32.0 Å². The molecule has 0 saturated carbocycles. The van der Waals surface area contributed by atoms with Crippen LogP contribution in [0, 0.1) is 0 Å². The summed E-state index contributed by atoms with van der Waals surface area (Å²) in [6, 6.07) is -0.947. The second-order valence-electron chi connectivity index (χ2n) is 20.4. The number of nitrogens with one attached hydrogen (secondary N) is 1. The minimum Gasteiger partial charge on any atom is -0.394 e. The van der Waals surface area contributed by atoms with E-state index in [4.69, 9.17) is 18.9 Å². The number of allylic oxidation sites excluding steroid dienone is 9. The zero-order valence-electron chi connectivity index (χ0n) is 45.4. The van der Waals surface area contributed by atoms with Gasteiger partial charge in [-0.05, 0) is 77.0 Å². The maximum absolute atomic E-state index is 13.2. The first-order valence-corrected chi connectivity index (χ1v) is 29.0. The molecule has 0 aromatic carbocycles. The van der Waals surface area contributed by atoms with Crippen LogP contribution in [0.3, 0.4) is 0 Å². The Balaban J connectivity index is 1.82. The average molecular weight is 1040 g/mol. The summed E-state index contributed by atoms with van der Waals surface area (Å²) >= 11 is 0. The normalized spacial score (nSPS) is 25.8. The standard InChI is InChI=1S/C59H105NO13/c1-3-5-7-9-11-13-15-17-19-21-22-23-24-25-26-27-28-30-32-34-36-38-40-42-48(63)47(60-51(64)43-41-39-37-35-33-31-29-20-18-16-14-12-10-8-6-4-2)46-70-58-56(69)54(67)57(50(45-62)72-58)73-59-55(68)53(66)52(65)49(44-61)71-59/h14,16,20,26-27,29,32,34,40,42,47-50,52-59,61-63,65-69H,3-13,15,17-19,21-25,28,30-31,33,35-39,41,43-46H2,1-2H3,(H,60,64)/b16-14-,27-26+,29-20-,34-32+,42-40+. The third kappa shape index (κ3) is 30.9. The molecule has 0 radical (unpaired) electrons. The summed E-state index contributed by atoms with van der Waals surface area (Å²) in [4.78, 5) is 13.2. The number of hydrogen-bond donors (Lipinski definition) is 9. The van der Waals surface area contributed by atoms with Crippen LogP contribution in [0.15, 0.2) is 60.8 Å². The van der Waals surface area contributed by atoms with E-state index in [1.165, 1.54) is 109 Å². The lowest BCUT2D eigenvalue weighted by molar-refractivity contribution is -0.359. The summed E-state index contributed by atoms with van der Waals surface area (Å²) in [5.74, 6) is -0.268. The lowest BCUT2D eigenvalue weighted by Gasteiger charge is -2.46. The van der Waals surface area contributed by atoms with E-state index in [2.05, 4.69) is 67.8 Å². The van der Waals surface area contributed by atoms with Gasteiger partial charge in [-0.25, -0.2) is 0 Å². The fourth-order valence-electron chi connectivity index (χ4n) is 9.18. The van der Waals surface area contributed by atoms with Gasteiger partial charge in [-0.2, -0.15) is 0 Å². The number of carbonyl (C=O) groups excluding carboxylic acids is 1. The van der Waals surface area contributed by atoms with Gasteiger partial charge < -0.3 is 65.1 Å². The molecule has 14 heteroatoms. The summed E-state index contributed by atoms with van der Waals surface area (Å²) in [5, 5.41) is 87.0. The molecule has 2 fully saturated rings. The van der Waals surface area contributed by atoms with Crippen LogP contribution in [0.4, 0.5) is 0 Å². The number of hydrogen-bond acceptors (Lipinski definition) is 13. The average Bonchev–Trinajstić information content (AvgIpc) is 3.39. The van der Waals surface area contributed by atoms with E-state index in [0.29, 0.717) is 12.8 Å². The Kier molecular flexibility index (Phi) is 41.0. The van der Waals surface area contributed by atoms with Crippen molar-refractivity contribution >= 4 is 5.91 Å². The molecular weight excluding hydrogens is 931 g/mol. The Morgan fingerprint density at radius 1 is 0.493 bits per heavy atom. The first-order valence-electron chi connectivity index (χ1n) is 29.0. The molecule has 2 aliphatic heterocycles. The Morgan fingerprint density at radius 3 is 1.44 bits per heavy atom. The first kappa shape index (κ1) is 66.8. The molecular formula is C59H105NO13. The monoisotopic (exact) mass is 1040 g/mol. The Bertz CT molecular complexity index is 1450. The molecule has 0 spiro atoms. The molecule has 2 rings (SSSR count). The number of rotatable bonds is 45. The SMILES string of the molecule is CCCCCC/C=C\C/C=C\CCCCCCCC(=O)NC(COC1OC(CO)C(OC2OC(CO)C(O)C(O)C2O)C(O)C1O)C(O)/C=C/CC/C=C/CC/C=C/CCCCCCCCCCCCCCC. The van der Waals surface area contributed by atoms with Crippen LogP contribution in [0.25, 0.3) is 0 Å². The van der Waals surface area contributed by atoms with Crippen molar-refractivity contribution < 1.29 is 64.6 Å². The zero-order chi connectivity index (χ0) is 53.2. The van der Waals surface area contributed by atoms with Gasteiger partial charge in [0.25, 0.3) is 0 Å². The highest BCUT2D eigenvalue weighted by molar-refractivity contribution is 5.76. The zero-order valence-corrected chi connectivity index (χ0v) is 45.4. The molecule has 424 valence electrons. The van der Waals surface area contributed by atoms with Crippen LogP contribution in [-0.2, 0) is 23.7 Å². The van der Waals surface area contributed by atoms with Gasteiger partial charge >= 0.3 is 0 Å². The lowest BCUT2D eigenvalue weighted by Crippen LogP contribution is -2.65. The number of aliphatic hydroxyl groups is 8. The molecule has 12 atom stereocenters. The van der Waals surface area contributed by atoms with Gasteiger partial charge in [-0.3, -0.25) is 4.79 Å². The highest BCUT2D eigenvalue weighted by atomic mass is 16.7. The van der Waals surface area contributed by atoms with E-state index >= 15 is 0 Å². The molecule has 0 aliphatic carbocycles. The van der Waals surface area contributed by atoms with Gasteiger partial charge in [0, 0.05) is 6.42 Å². The quantitative estimate of drug-likeness (QED) is 0.0205. The third-order valence-electron chi connectivity index (χ3n) is 13.9. The fraction of sp³-hybridized carbons (Fsp3) is 0.814. The predicted octanol–water partition coefficient (Wildman–Crippen LogP) is 9.39. The van der Waals surface area contributed by atoms with Crippen molar-refractivity contribution in [2.24, 2.45) is 0 Å². The molecule has 0 aromatic heterocycles. The number of amides is 1. The van der Waals surface area contributed by atoms with Crippen molar-refractivity contribution in [2.45, 2.75) is 286 Å². The van der Waals surface area contributed by atoms with Gasteiger partial charge in [-0.1, -0.05) is 190 Å². The van der Waals surface area contributed by atoms with Gasteiger partial charge in [0.1, 0.15) is 48.8 Å². The largest absolute Gasteiger partial charge is 0.394 e. The van der Waals surface area contributed by atoms with Crippen molar-refractivity contribution in [2.75, 3.05) is 19.8 Å². The van der Waals surface area contributed by atoms with Crippen LogP contribution in [0.2, 0.25) is 0 Å². The molecule has 2 aliphatic rings. The summed E-state index contributed by atoms with van der Waals surface area (Å²) in [6.07, 6.45) is 39.7. The van der Waals surface area contributed by atoms with Crippen LogP contribution in [-0.4, -0.2) is 140 Å². The number of ether oxygens (including phenoxy) is 4. The summed E-state index contributed by atoms with van der Waals surface area (Å²) < 4.78 is 22.7. The van der Waals surface area contributed by atoms with Gasteiger partial charge in [-0.15, -0.1) is 0 Å². The van der Waals surface area contributed by atoms with Crippen molar-refractivity contribution in [3.8, 4) is 0 Å². The van der Waals surface area contributed by atoms with E-state index in [0.717, 1.165) is 70.6 Å². The topological polar surface area (TPSA) is 228 Å². The van der Waals surface area contributed by atoms with Crippen LogP contribution >= 0.6 is 0 Å². The molecule has 0 bridgehead atoms. The van der Waals surface area contributed by atoms with Crippen molar-refractivity contribution in [1.82, 2.24) is 5.32 Å². The molecule has 2 saturated heterocycles. The molecule has 0 aromatic rings. The second kappa shape index (κ2) is 44.8. The van der Waals surface area contributed by atoms with Crippen LogP contribution < -0.4 is 5.32 Å². The molecule has 73 heavy (non-hydrogen) atoms. The van der Waals surface area contributed by atoms with E-state index in [1.807, 2.05) is 6.08 Å². The smallest absolute Gasteiger partial charge is 0.220 e. The summed E-state index contributed by atoms with van der Waals surface area (Å²) in [5.41, 5.74) is 0. The lowest BCUT2D eigenvalue weighted by atomic mass is 9.97. The van der Waals surface area contributed by atoms with Crippen LogP contribution in [0.5, 0.6) is 0 Å². The number of aliphatic hydroxyl groups excluding tert-OH is 8. The van der Waals surface area contributed by atoms with Crippen molar-refractivity contribution in [3.63, 3.8) is 0 Å². The van der Waals surface area contributed by atoms with E-state index in [1.54, 1.807) is 6.08 Å². The maximum atomic E-state index is 13.2. The fourth-order valence-corrected chi connectivity index (χ4v) is 9.18.